The number of nitrogens with zero attached hydrogens (tertiary/aromatic N) is 1. The highest BCUT2D eigenvalue weighted by Crippen LogP contribution is 2.40. The molecule has 1 aromatic rings. The van der Waals surface area contributed by atoms with Crippen LogP contribution in [0.25, 0.3) is 0 Å². The van der Waals surface area contributed by atoms with Crippen molar-refractivity contribution in [3.8, 4) is 6.07 Å². The van der Waals surface area contributed by atoms with Gasteiger partial charge in [0.15, 0.2) is 0 Å². The summed E-state index contributed by atoms with van der Waals surface area (Å²) < 4.78 is 13.0. The first-order chi connectivity index (χ1) is 8.19. The Kier molecular flexibility index (Phi) is 3.10. The molecule has 1 aliphatic rings. The summed E-state index contributed by atoms with van der Waals surface area (Å²) in [7, 11) is 0. The van der Waals surface area contributed by atoms with Gasteiger partial charge in [-0.3, -0.25) is 0 Å². The summed E-state index contributed by atoms with van der Waals surface area (Å²) >= 11 is 0. The van der Waals surface area contributed by atoms with E-state index < -0.39 is 0 Å². The van der Waals surface area contributed by atoms with Crippen molar-refractivity contribution in [2.24, 2.45) is 5.92 Å². The number of allylic oxidation sites excluding steroid dienone is 4. The number of halogens is 1. The van der Waals surface area contributed by atoms with E-state index in [4.69, 9.17) is 5.26 Å². The van der Waals surface area contributed by atoms with Crippen LogP contribution < -0.4 is 0 Å². The molecular formula is C15H14FN. The van der Waals surface area contributed by atoms with Gasteiger partial charge in [-0.25, -0.2) is 4.39 Å². The normalized spacial score (nSPS) is 26.8. The van der Waals surface area contributed by atoms with Crippen molar-refractivity contribution in [2.75, 3.05) is 0 Å². The van der Waals surface area contributed by atoms with Gasteiger partial charge in [-0.1, -0.05) is 43.4 Å². The molecule has 2 heteroatoms. The monoisotopic (exact) mass is 227 g/mol. The van der Waals surface area contributed by atoms with Crippen molar-refractivity contribution in [3.63, 3.8) is 0 Å². The molecular weight excluding hydrogens is 213 g/mol. The second-order valence-electron chi connectivity index (χ2n) is 4.41. The largest absolute Gasteiger partial charge is 0.207 e. The van der Waals surface area contributed by atoms with Gasteiger partial charge in [-0.2, -0.15) is 5.26 Å². The van der Waals surface area contributed by atoms with Gasteiger partial charge in [-0.05, 0) is 23.6 Å². The highest BCUT2D eigenvalue weighted by molar-refractivity contribution is 5.38. The highest BCUT2D eigenvalue weighted by atomic mass is 19.1. The lowest BCUT2D eigenvalue weighted by Crippen LogP contribution is -2.31. The zero-order valence-corrected chi connectivity index (χ0v) is 9.73. The van der Waals surface area contributed by atoms with E-state index in [1.807, 2.05) is 18.2 Å². The Bertz CT molecular complexity index is 493. The van der Waals surface area contributed by atoms with Crippen LogP contribution in [0.2, 0.25) is 0 Å². The van der Waals surface area contributed by atoms with Crippen molar-refractivity contribution in [1.82, 2.24) is 0 Å². The van der Waals surface area contributed by atoms with Gasteiger partial charge in [0.1, 0.15) is 5.82 Å². The minimum absolute atomic E-state index is 0.234. The van der Waals surface area contributed by atoms with Gasteiger partial charge in [0.2, 0.25) is 0 Å². The molecule has 0 spiro atoms. The quantitative estimate of drug-likeness (QED) is 0.755. The second-order valence-corrected chi connectivity index (χ2v) is 4.41. The molecule has 2 unspecified atom stereocenters. The Morgan fingerprint density at radius 1 is 1.29 bits per heavy atom. The number of nitriles is 1. The Balaban J connectivity index is 2.48. The minimum atomic E-state index is -0.322. The van der Waals surface area contributed by atoms with Crippen LogP contribution in [-0.4, -0.2) is 0 Å². The van der Waals surface area contributed by atoms with Crippen molar-refractivity contribution in [1.29, 1.82) is 5.26 Å². The Morgan fingerprint density at radius 2 is 2.00 bits per heavy atom. The number of hydrogen-bond donors (Lipinski definition) is 0. The minimum Gasteiger partial charge on any atom is -0.207 e. The van der Waals surface area contributed by atoms with Crippen LogP contribution in [0.5, 0.6) is 0 Å². The highest BCUT2D eigenvalue weighted by Gasteiger charge is 2.35. The molecule has 2 rings (SSSR count). The molecule has 0 aromatic heterocycles. The third-order valence-corrected chi connectivity index (χ3v) is 3.47. The van der Waals surface area contributed by atoms with Crippen LogP contribution in [0.4, 0.5) is 4.39 Å². The van der Waals surface area contributed by atoms with E-state index in [1.165, 1.54) is 12.1 Å². The van der Waals surface area contributed by atoms with E-state index in [1.54, 1.807) is 12.1 Å². The third-order valence-electron chi connectivity index (χ3n) is 3.47. The molecule has 0 radical (unpaired) electrons. The summed E-state index contributed by atoms with van der Waals surface area (Å²) in [5, 5.41) is 9.04. The lowest BCUT2D eigenvalue weighted by atomic mass is 9.67. The fourth-order valence-electron chi connectivity index (χ4n) is 2.35. The summed E-state index contributed by atoms with van der Waals surface area (Å²) in [6.07, 6.45) is 8.49. The molecule has 0 fully saturated rings. The van der Waals surface area contributed by atoms with Crippen LogP contribution >= 0.6 is 0 Å². The maximum atomic E-state index is 13.0. The average Bonchev–Trinajstić information content (AvgIpc) is 2.33. The predicted octanol–water partition coefficient (Wildman–Crippen LogP) is 3.74. The van der Waals surface area contributed by atoms with Crippen molar-refractivity contribution in [3.05, 3.63) is 60.0 Å². The van der Waals surface area contributed by atoms with Crippen LogP contribution in [0.15, 0.2) is 48.6 Å². The molecule has 2 atom stereocenters. The summed E-state index contributed by atoms with van der Waals surface area (Å²) in [6.45, 7) is 2.08. The van der Waals surface area contributed by atoms with E-state index in [9.17, 15) is 4.39 Å². The van der Waals surface area contributed by atoms with E-state index >= 15 is 0 Å². The number of benzene rings is 1. The lowest BCUT2D eigenvalue weighted by molar-refractivity contribution is 0.424. The lowest BCUT2D eigenvalue weighted by Gasteiger charge is -2.35. The van der Waals surface area contributed by atoms with Crippen molar-refractivity contribution >= 4 is 0 Å². The standard InChI is InChI=1S/C15H14FN/c1-12-4-2-3-9-15(12,10-11-17)13-5-7-14(16)8-6-13/h2-9,12H,10H2,1H3. The maximum Gasteiger partial charge on any atom is 0.123 e. The van der Waals surface area contributed by atoms with Crippen molar-refractivity contribution in [2.45, 2.75) is 18.8 Å². The van der Waals surface area contributed by atoms with E-state index in [0.29, 0.717) is 6.42 Å². The van der Waals surface area contributed by atoms with Crippen molar-refractivity contribution < 1.29 is 4.39 Å². The first-order valence-electron chi connectivity index (χ1n) is 5.68. The molecule has 0 bridgehead atoms. The summed E-state index contributed by atoms with van der Waals surface area (Å²) in [4.78, 5) is 0. The van der Waals surface area contributed by atoms with Gasteiger partial charge in [0, 0.05) is 11.8 Å². The molecule has 1 aliphatic carbocycles. The smallest absolute Gasteiger partial charge is 0.123 e. The maximum absolute atomic E-state index is 13.0. The molecule has 17 heavy (non-hydrogen) atoms. The number of hydrogen-bond acceptors (Lipinski definition) is 1. The van der Waals surface area contributed by atoms with Gasteiger partial charge in [-0.15, -0.1) is 0 Å². The molecule has 0 saturated heterocycles. The van der Waals surface area contributed by atoms with E-state index in [2.05, 4.69) is 19.1 Å². The van der Waals surface area contributed by atoms with Gasteiger partial charge in [0.05, 0.1) is 6.07 Å². The first kappa shape index (κ1) is 11.6. The topological polar surface area (TPSA) is 23.8 Å². The Labute approximate surface area is 101 Å². The first-order valence-corrected chi connectivity index (χ1v) is 5.68. The molecule has 1 nitrogen and oxygen atoms in total. The van der Waals surface area contributed by atoms with Crippen LogP contribution in [0.1, 0.15) is 18.9 Å². The van der Waals surface area contributed by atoms with E-state index in [0.717, 1.165) is 5.56 Å². The second kappa shape index (κ2) is 4.55. The van der Waals surface area contributed by atoms with Gasteiger partial charge < -0.3 is 0 Å². The third kappa shape index (κ3) is 2.01. The molecule has 86 valence electrons. The van der Waals surface area contributed by atoms with Gasteiger partial charge in [0.25, 0.3) is 0 Å². The van der Waals surface area contributed by atoms with Crippen LogP contribution in [-0.2, 0) is 5.41 Å². The predicted molar refractivity (Wildman–Crippen MR) is 65.8 cm³/mol. The molecule has 0 heterocycles. The summed E-state index contributed by atoms with van der Waals surface area (Å²) in [5.74, 6) is -0.0125. The fraction of sp³-hybridized carbons (Fsp3) is 0.267. The average molecular weight is 227 g/mol. The van der Waals surface area contributed by atoms with Crippen LogP contribution in [0.3, 0.4) is 0 Å². The van der Waals surface area contributed by atoms with Gasteiger partial charge >= 0.3 is 0 Å². The summed E-state index contributed by atoms with van der Waals surface area (Å²) in [6, 6.07) is 8.69. The van der Waals surface area contributed by atoms with E-state index in [-0.39, 0.29) is 17.2 Å². The SMILES string of the molecule is CC1C=CC=CC1(CC#N)c1ccc(F)cc1. The molecule has 0 N–H and O–H groups in total. The molecule has 1 aromatic carbocycles. The summed E-state index contributed by atoms with van der Waals surface area (Å²) in [5.41, 5.74) is 0.672. The Hall–Kier alpha value is -1.88. The molecule has 0 aliphatic heterocycles. The zero-order valence-electron chi connectivity index (χ0n) is 9.73. The Morgan fingerprint density at radius 3 is 2.59 bits per heavy atom. The molecule has 0 amide bonds. The van der Waals surface area contributed by atoms with Crippen LogP contribution in [0, 0.1) is 23.1 Å². The molecule has 0 saturated carbocycles. The number of rotatable bonds is 2. The zero-order chi connectivity index (χ0) is 12.3. The fourth-order valence-corrected chi connectivity index (χ4v) is 2.35.